The molecule has 37 heavy (non-hydrogen) atoms. The average Bonchev–Trinajstić information content (AvgIpc) is 2.91. The monoisotopic (exact) mass is 513 g/mol. The van der Waals surface area contributed by atoms with Crippen LogP contribution in [0, 0.1) is 0 Å². The Balaban J connectivity index is 3.08. The van der Waals surface area contributed by atoms with Crippen LogP contribution in [-0.4, -0.2) is 0 Å². The van der Waals surface area contributed by atoms with Crippen molar-refractivity contribution in [3.8, 4) is 0 Å². The van der Waals surface area contributed by atoms with Crippen LogP contribution in [0.4, 0.5) is 0 Å². The molecule has 0 bridgehead atoms. The van der Waals surface area contributed by atoms with Crippen LogP contribution in [0.15, 0.2) is 49.1 Å². The van der Waals surface area contributed by atoms with E-state index in [1.165, 1.54) is 180 Å². The van der Waals surface area contributed by atoms with E-state index in [9.17, 15) is 0 Å². The Morgan fingerprint density at radius 2 is 0.595 bits per heavy atom. The van der Waals surface area contributed by atoms with Gasteiger partial charge in [-0.3, -0.25) is 0 Å². The lowest BCUT2D eigenvalue weighted by molar-refractivity contribution is 0.515. The maximum Gasteiger partial charge on any atom is -0.0348 e. The van der Waals surface area contributed by atoms with Crippen LogP contribution in [0.3, 0.4) is 0 Å². The third kappa shape index (κ3) is 35.0. The Morgan fingerprint density at radius 1 is 0.324 bits per heavy atom. The molecule has 0 aliphatic rings. The summed E-state index contributed by atoms with van der Waals surface area (Å²) >= 11 is 0. The molecule has 0 aliphatic heterocycles. The summed E-state index contributed by atoms with van der Waals surface area (Å²) in [6.07, 6.45) is 55.0. The quantitative estimate of drug-likeness (QED) is 0.0639. The Hall–Kier alpha value is -1.04. The van der Waals surface area contributed by atoms with Gasteiger partial charge < -0.3 is 0 Å². The molecule has 0 nitrogen and oxygen atoms in total. The molecule has 216 valence electrons. The number of hydrogen-bond acceptors (Lipinski definition) is 0. The number of hydrogen-bond donors (Lipinski definition) is 0. The zero-order valence-electron chi connectivity index (χ0n) is 25.5. The molecule has 0 saturated carbocycles. The third-order valence-electron chi connectivity index (χ3n) is 7.69. The van der Waals surface area contributed by atoms with Gasteiger partial charge in [-0.2, -0.15) is 0 Å². The lowest BCUT2D eigenvalue weighted by Crippen LogP contribution is -1.84. The molecular weight excluding hydrogens is 444 g/mol. The Bertz CT molecular complexity index is 494. The molecule has 0 unspecified atom stereocenters. The van der Waals surface area contributed by atoms with E-state index in [2.05, 4.69) is 37.8 Å². The van der Waals surface area contributed by atoms with E-state index in [1.807, 2.05) is 12.2 Å². The van der Waals surface area contributed by atoms with Gasteiger partial charge in [-0.1, -0.05) is 223 Å². The average molecular weight is 513 g/mol. The smallest absolute Gasteiger partial charge is 0.0348 e. The lowest BCUT2D eigenvalue weighted by Gasteiger charge is -2.04. The SMILES string of the molecule is C=CC=CC=CC=CCCCCCCCCCCCCCCCCCCCCCCCCCCCCC. The fourth-order valence-corrected chi connectivity index (χ4v) is 5.20. The first kappa shape index (κ1) is 36.0. The van der Waals surface area contributed by atoms with Crippen LogP contribution in [0.5, 0.6) is 0 Å². The van der Waals surface area contributed by atoms with E-state index >= 15 is 0 Å². The Kier molecular flexibility index (Phi) is 34.0. The molecule has 0 fully saturated rings. The van der Waals surface area contributed by atoms with Crippen molar-refractivity contribution in [1.29, 1.82) is 0 Å². The van der Waals surface area contributed by atoms with Crippen LogP contribution in [-0.2, 0) is 0 Å². The van der Waals surface area contributed by atoms with Gasteiger partial charge in [0, 0.05) is 0 Å². The van der Waals surface area contributed by atoms with Crippen molar-refractivity contribution >= 4 is 0 Å². The molecule has 0 aromatic rings. The molecule has 0 saturated heterocycles. The normalized spacial score (nSPS) is 12.0. The van der Waals surface area contributed by atoms with E-state index in [0.29, 0.717) is 0 Å². The zero-order valence-corrected chi connectivity index (χ0v) is 25.5. The molecule has 0 amide bonds. The first-order valence-electron chi connectivity index (χ1n) is 17.0. The Labute approximate surface area is 235 Å². The van der Waals surface area contributed by atoms with E-state index < -0.39 is 0 Å². The van der Waals surface area contributed by atoms with E-state index in [4.69, 9.17) is 0 Å². The van der Waals surface area contributed by atoms with Crippen molar-refractivity contribution in [2.75, 3.05) is 0 Å². The highest BCUT2D eigenvalue weighted by molar-refractivity contribution is 5.14. The molecule has 0 aromatic heterocycles. The van der Waals surface area contributed by atoms with Crippen LogP contribution in [0.2, 0.25) is 0 Å². The van der Waals surface area contributed by atoms with Crippen molar-refractivity contribution in [2.24, 2.45) is 0 Å². The van der Waals surface area contributed by atoms with Crippen molar-refractivity contribution in [1.82, 2.24) is 0 Å². The third-order valence-corrected chi connectivity index (χ3v) is 7.69. The second-order valence-electron chi connectivity index (χ2n) is 11.4. The van der Waals surface area contributed by atoms with E-state index in [-0.39, 0.29) is 0 Å². The van der Waals surface area contributed by atoms with Gasteiger partial charge in [0.1, 0.15) is 0 Å². The molecular formula is C37H68. The molecule has 0 spiro atoms. The number of rotatable bonds is 31. The summed E-state index contributed by atoms with van der Waals surface area (Å²) < 4.78 is 0. The van der Waals surface area contributed by atoms with Crippen molar-refractivity contribution < 1.29 is 0 Å². The first-order valence-corrected chi connectivity index (χ1v) is 17.0. The fourth-order valence-electron chi connectivity index (χ4n) is 5.20. The summed E-state index contributed by atoms with van der Waals surface area (Å²) in [5.41, 5.74) is 0. The van der Waals surface area contributed by atoms with Gasteiger partial charge in [0.25, 0.3) is 0 Å². The predicted molar refractivity (Wildman–Crippen MR) is 173 cm³/mol. The Morgan fingerprint density at radius 3 is 0.919 bits per heavy atom. The second-order valence-corrected chi connectivity index (χ2v) is 11.4. The van der Waals surface area contributed by atoms with Crippen molar-refractivity contribution in [3.05, 3.63) is 49.1 Å². The molecule has 0 heterocycles. The molecule has 0 N–H and O–H groups in total. The molecule has 0 atom stereocenters. The first-order chi connectivity index (χ1) is 18.4. The topological polar surface area (TPSA) is 0 Å². The second kappa shape index (κ2) is 35.0. The van der Waals surface area contributed by atoms with Gasteiger partial charge in [0.05, 0.1) is 0 Å². The summed E-state index contributed by atoms with van der Waals surface area (Å²) in [5.74, 6) is 0. The van der Waals surface area contributed by atoms with Crippen molar-refractivity contribution in [2.45, 2.75) is 187 Å². The van der Waals surface area contributed by atoms with Gasteiger partial charge in [0.15, 0.2) is 0 Å². The van der Waals surface area contributed by atoms with Gasteiger partial charge in [-0.05, 0) is 12.8 Å². The molecule has 0 radical (unpaired) electrons. The van der Waals surface area contributed by atoms with Crippen LogP contribution >= 0.6 is 0 Å². The maximum atomic E-state index is 3.66. The fraction of sp³-hybridized carbons (Fsp3) is 0.784. The number of unbranched alkanes of at least 4 members (excludes halogenated alkanes) is 27. The standard InChI is InChI=1S/C37H68/c1-3-5-7-9-11-13-15-17-19-21-23-25-27-29-31-33-35-37-36-34-32-30-28-26-24-22-20-18-16-14-12-10-8-6-4-2/h3,5,7,9,11,13,15H,1,4,6,8,10,12,14,16-37H2,2H3. The maximum absolute atomic E-state index is 3.66. The van der Waals surface area contributed by atoms with Crippen molar-refractivity contribution in [3.63, 3.8) is 0 Å². The number of allylic oxidation sites excluding steroid dienone is 7. The molecule has 0 heteroatoms. The minimum atomic E-state index is 1.22. The summed E-state index contributed by atoms with van der Waals surface area (Å²) in [5, 5.41) is 0. The van der Waals surface area contributed by atoms with E-state index in [0.717, 1.165) is 0 Å². The van der Waals surface area contributed by atoms with Crippen LogP contribution in [0.25, 0.3) is 0 Å². The van der Waals surface area contributed by atoms with Gasteiger partial charge in [-0.25, -0.2) is 0 Å². The minimum absolute atomic E-state index is 1.22. The molecule has 0 aliphatic carbocycles. The minimum Gasteiger partial charge on any atom is -0.0991 e. The largest absolute Gasteiger partial charge is 0.0991 e. The van der Waals surface area contributed by atoms with Gasteiger partial charge in [0.2, 0.25) is 0 Å². The van der Waals surface area contributed by atoms with Gasteiger partial charge >= 0.3 is 0 Å². The van der Waals surface area contributed by atoms with E-state index in [1.54, 1.807) is 6.08 Å². The zero-order chi connectivity index (χ0) is 26.7. The summed E-state index contributed by atoms with van der Waals surface area (Å²) in [6.45, 7) is 5.97. The highest BCUT2D eigenvalue weighted by Crippen LogP contribution is 2.16. The van der Waals surface area contributed by atoms with Crippen LogP contribution < -0.4 is 0 Å². The summed E-state index contributed by atoms with van der Waals surface area (Å²) in [6, 6.07) is 0. The lowest BCUT2D eigenvalue weighted by atomic mass is 10.0. The van der Waals surface area contributed by atoms with Gasteiger partial charge in [-0.15, -0.1) is 0 Å². The highest BCUT2D eigenvalue weighted by atomic mass is 14.0. The summed E-state index contributed by atoms with van der Waals surface area (Å²) in [4.78, 5) is 0. The summed E-state index contributed by atoms with van der Waals surface area (Å²) in [7, 11) is 0. The molecule has 0 aromatic carbocycles. The van der Waals surface area contributed by atoms with Crippen LogP contribution in [0.1, 0.15) is 187 Å². The predicted octanol–water partition coefficient (Wildman–Crippen LogP) is 13.8. The molecule has 0 rings (SSSR count). The highest BCUT2D eigenvalue weighted by Gasteiger charge is 1.96.